The molecular formula is C12H25NO2. The first-order valence-corrected chi connectivity index (χ1v) is 5.86. The van der Waals surface area contributed by atoms with Crippen molar-refractivity contribution in [3.05, 3.63) is 0 Å². The van der Waals surface area contributed by atoms with Crippen LogP contribution in [0.2, 0.25) is 0 Å². The molecule has 2 atom stereocenters. The van der Waals surface area contributed by atoms with Gasteiger partial charge in [0.1, 0.15) is 0 Å². The third kappa shape index (κ3) is 4.49. The molecule has 0 radical (unpaired) electrons. The second-order valence-electron chi connectivity index (χ2n) is 6.07. The number of ether oxygens (including phenoxy) is 1. The fourth-order valence-electron chi connectivity index (χ4n) is 1.92. The third-order valence-corrected chi connectivity index (χ3v) is 3.12. The van der Waals surface area contributed by atoms with Crippen LogP contribution in [0.4, 0.5) is 0 Å². The molecule has 1 aliphatic rings. The second-order valence-corrected chi connectivity index (χ2v) is 6.07. The van der Waals surface area contributed by atoms with E-state index in [1.807, 2.05) is 0 Å². The number of rotatable bonds is 4. The van der Waals surface area contributed by atoms with Gasteiger partial charge in [0.15, 0.2) is 0 Å². The van der Waals surface area contributed by atoms with Crippen LogP contribution in [0.5, 0.6) is 0 Å². The lowest BCUT2D eigenvalue weighted by atomic mass is 9.93. The zero-order valence-corrected chi connectivity index (χ0v) is 10.3. The fourth-order valence-corrected chi connectivity index (χ4v) is 1.92. The van der Waals surface area contributed by atoms with Gasteiger partial charge in [-0.1, -0.05) is 20.8 Å². The minimum Gasteiger partial charge on any atom is -0.394 e. The normalized spacial score (nSPS) is 32.2. The summed E-state index contributed by atoms with van der Waals surface area (Å²) >= 11 is 0. The van der Waals surface area contributed by atoms with Crippen LogP contribution in [-0.4, -0.2) is 30.0 Å². The molecule has 3 N–H and O–H groups in total. The van der Waals surface area contributed by atoms with Crippen LogP contribution in [0.3, 0.4) is 0 Å². The van der Waals surface area contributed by atoms with Crippen molar-refractivity contribution in [2.24, 2.45) is 11.1 Å². The van der Waals surface area contributed by atoms with Crippen LogP contribution in [-0.2, 0) is 4.74 Å². The van der Waals surface area contributed by atoms with E-state index < -0.39 is 0 Å². The fraction of sp³-hybridized carbons (Fsp3) is 1.00. The Hall–Kier alpha value is -0.120. The van der Waals surface area contributed by atoms with E-state index in [4.69, 9.17) is 15.6 Å². The second kappa shape index (κ2) is 4.81. The zero-order valence-electron chi connectivity index (χ0n) is 10.3. The minimum atomic E-state index is -0.383. The summed E-state index contributed by atoms with van der Waals surface area (Å²) in [4.78, 5) is 0. The highest BCUT2D eigenvalue weighted by Crippen LogP contribution is 2.30. The Bertz CT molecular complexity index is 200. The average molecular weight is 215 g/mol. The molecule has 0 aromatic rings. The maximum absolute atomic E-state index is 9.12. The molecule has 15 heavy (non-hydrogen) atoms. The first-order valence-electron chi connectivity index (χ1n) is 5.86. The largest absolute Gasteiger partial charge is 0.394 e. The van der Waals surface area contributed by atoms with Crippen molar-refractivity contribution in [1.82, 2.24) is 0 Å². The molecular weight excluding hydrogens is 190 g/mol. The van der Waals surface area contributed by atoms with Gasteiger partial charge in [0.25, 0.3) is 0 Å². The summed E-state index contributed by atoms with van der Waals surface area (Å²) < 4.78 is 5.79. The lowest BCUT2D eigenvalue weighted by molar-refractivity contribution is 0.0359. The van der Waals surface area contributed by atoms with Crippen LogP contribution >= 0.6 is 0 Å². The summed E-state index contributed by atoms with van der Waals surface area (Å²) in [6.45, 7) is 7.52. The molecule has 0 aromatic carbocycles. The molecule has 1 saturated carbocycles. The van der Waals surface area contributed by atoms with E-state index in [-0.39, 0.29) is 18.2 Å². The van der Waals surface area contributed by atoms with E-state index in [0.29, 0.717) is 5.41 Å². The van der Waals surface area contributed by atoms with E-state index in [9.17, 15) is 0 Å². The molecule has 0 aliphatic heterocycles. The lowest BCUT2D eigenvalue weighted by Crippen LogP contribution is -2.41. The number of hydrogen-bond donors (Lipinski definition) is 2. The minimum absolute atomic E-state index is 0.0755. The Morgan fingerprint density at radius 2 is 2.13 bits per heavy atom. The van der Waals surface area contributed by atoms with Crippen molar-refractivity contribution < 1.29 is 9.84 Å². The van der Waals surface area contributed by atoms with Crippen LogP contribution in [0.15, 0.2) is 0 Å². The van der Waals surface area contributed by atoms with Gasteiger partial charge in [-0.25, -0.2) is 0 Å². The van der Waals surface area contributed by atoms with Gasteiger partial charge in [-0.15, -0.1) is 0 Å². The molecule has 3 heteroatoms. The Labute approximate surface area is 93.0 Å². The number of nitrogens with two attached hydrogens (primary N) is 1. The predicted octanol–water partition coefficient (Wildman–Crippen LogP) is 1.68. The summed E-state index contributed by atoms with van der Waals surface area (Å²) in [7, 11) is 0. The first kappa shape index (κ1) is 12.9. The first-order chi connectivity index (χ1) is 6.85. The Morgan fingerprint density at radius 3 is 2.60 bits per heavy atom. The van der Waals surface area contributed by atoms with Crippen molar-refractivity contribution in [2.45, 2.75) is 58.1 Å². The van der Waals surface area contributed by atoms with Crippen molar-refractivity contribution in [2.75, 3.05) is 13.2 Å². The van der Waals surface area contributed by atoms with Gasteiger partial charge >= 0.3 is 0 Å². The van der Waals surface area contributed by atoms with Crippen LogP contribution in [0.25, 0.3) is 0 Å². The summed E-state index contributed by atoms with van der Waals surface area (Å²) in [5.74, 6) is 0. The van der Waals surface area contributed by atoms with Gasteiger partial charge in [-0.05, 0) is 31.1 Å². The molecule has 3 nitrogen and oxygen atoms in total. The van der Waals surface area contributed by atoms with Crippen molar-refractivity contribution >= 4 is 0 Å². The molecule has 1 rings (SSSR count). The Kier molecular flexibility index (Phi) is 4.15. The van der Waals surface area contributed by atoms with E-state index in [2.05, 4.69) is 20.8 Å². The third-order valence-electron chi connectivity index (χ3n) is 3.12. The molecule has 1 aliphatic carbocycles. The molecule has 0 spiro atoms. The average Bonchev–Trinajstić information content (AvgIpc) is 2.47. The van der Waals surface area contributed by atoms with E-state index in [1.54, 1.807) is 0 Å². The summed E-state index contributed by atoms with van der Waals surface area (Å²) in [5, 5.41) is 9.12. The molecule has 0 saturated heterocycles. The lowest BCUT2D eigenvalue weighted by Gasteiger charge is -2.22. The molecule has 1 fully saturated rings. The maximum Gasteiger partial charge on any atom is 0.0612 e. The quantitative estimate of drug-likeness (QED) is 0.750. The van der Waals surface area contributed by atoms with Crippen LogP contribution < -0.4 is 5.73 Å². The van der Waals surface area contributed by atoms with Crippen molar-refractivity contribution in [3.63, 3.8) is 0 Å². The van der Waals surface area contributed by atoms with Crippen molar-refractivity contribution in [1.29, 1.82) is 0 Å². The molecule has 2 unspecified atom stereocenters. The smallest absolute Gasteiger partial charge is 0.0612 e. The van der Waals surface area contributed by atoms with Crippen LogP contribution in [0.1, 0.15) is 46.5 Å². The van der Waals surface area contributed by atoms with E-state index in [0.717, 1.165) is 32.3 Å². The molecule has 0 aromatic heterocycles. The number of aliphatic hydroxyl groups is 1. The summed E-state index contributed by atoms with van der Waals surface area (Å²) in [6, 6.07) is 0. The highest BCUT2D eigenvalue weighted by molar-refractivity contribution is 4.93. The monoisotopic (exact) mass is 215 g/mol. The number of aliphatic hydroxyl groups excluding tert-OH is 1. The standard InChI is InChI=1S/C12H25NO2/c1-11(2,3)6-7-15-10-4-5-12(13,8-10)9-14/h10,14H,4-9,13H2,1-3H3. The van der Waals surface area contributed by atoms with E-state index >= 15 is 0 Å². The van der Waals surface area contributed by atoms with Crippen LogP contribution in [0, 0.1) is 5.41 Å². The Balaban J connectivity index is 2.20. The topological polar surface area (TPSA) is 55.5 Å². The predicted molar refractivity (Wildman–Crippen MR) is 61.7 cm³/mol. The number of hydrogen-bond acceptors (Lipinski definition) is 3. The highest BCUT2D eigenvalue weighted by atomic mass is 16.5. The Morgan fingerprint density at radius 1 is 1.47 bits per heavy atom. The van der Waals surface area contributed by atoms with Gasteiger partial charge in [0, 0.05) is 12.1 Å². The van der Waals surface area contributed by atoms with Crippen molar-refractivity contribution in [3.8, 4) is 0 Å². The van der Waals surface area contributed by atoms with Gasteiger partial charge in [0.05, 0.1) is 12.7 Å². The highest BCUT2D eigenvalue weighted by Gasteiger charge is 2.35. The van der Waals surface area contributed by atoms with Gasteiger partial charge < -0.3 is 15.6 Å². The molecule has 0 amide bonds. The van der Waals surface area contributed by atoms with Gasteiger partial charge in [-0.2, -0.15) is 0 Å². The molecule has 0 bridgehead atoms. The maximum atomic E-state index is 9.12. The summed E-state index contributed by atoms with van der Waals surface area (Å²) in [5.41, 5.74) is 5.92. The van der Waals surface area contributed by atoms with E-state index in [1.165, 1.54) is 0 Å². The summed E-state index contributed by atoms with van der Waals surface area (Å²) in [6.07, 6.45) is 3.99. The molecule has 0 heterocycles. The zero-order chi connectivity index (χ0) is 11.5. The SMILES string of the molecule is CC(C)(C)CCOC1CCC(N)(CO)C1. The van der Waals surface area contributed by atoms with Gasteiger partial charge in [-0.3, -0.25) is 0 Å². The van der Waals surface area contributed by atoms with Gasteiger partial charge in [0.2, 0.25) is 0 Å². The molecule has 90 valence electrons.